The smallest absolute Gasteiger partial charge is 0.136 e. The number of rotatable bonds is 3. The van der Waals surface area contributed by atoms with Gasteiger partial charge in [-0.3, -0.25) is 5.41 Å². The molecule has 0 atom stereocenters. The lowest BCUT2D eigenvalue weighted by Gasteiger charge is -1.94. The Hall–Kier alpha value is -0.860. The van der Waals surface area contributed by atoms with E-state index < -0.39 is 0 Å². The number of nitrogens with one attached hydrogen (secondary N) is 2. The van der Waals surface area contributed by atoms with Crippen LogP contribution >= 0.6 is 0 Å². The van der Waals surface area contributed by atoms with Crippen LogP contribution in [0.15, 0.2) is 0 Å². The molecular weight excluding hydrogens is 102 g/mol. The first-order chi connectivity index (χ1) is 3.68. The van der Waals surface area contributed by atoms with Gasteiger partial charge in [-0.1, -0.05) is 13.3 Å². The van der Waals surface area contributed by atoms with Crippen molar-refractivity contribution in [3.05, 3.63) is 0 Å². The van der Waals surface area contributed by atoms with Crippen molar-refractivity contribution < 1.29 is 0 Å². The zero-order chi connectivity index (χ0) is 6.57. The summed E-state index contributed by atoms with van der Waals surface area (Å²) in [5, 5.41) is 13.8. The van der Waals surface area contributed by atoms with Gasteiger partial charge in [0.2, 0.25) is 0 Å². The summed E-state index contributed by atoms with van der Waals surface area (Å²) in [6.07, 6.45) is 1.51. The van der Waals surface area contributed by atoms with E-state index >= 15 is 0 Å². The molecule has 0 bridgehead atoms. The van der Waals surface area contributed by atoms with E-state index in [4.69, 9.17) is 16.6 Å². The highest BCUT2D eigenvalue weighted by Crippen LogP contribution is 1.86. The average molecular weight is 113 g/mol. The SMILES string of the molecule is CCCC(=N)C(=N)N. The summed E-state index contributed by atoms with van der Waals surface area (Å²) in [6.45, 7) is 1.96. The fourth-order valence-electron chi connectivity index (χ4n) is 0.385. The summed E-state index contributed by atoms with van der Waals surface area (Å²) in [5.74, 6) is -0.105. The summed E-state index contributed by atoms with van der Waals surface area (Å²) in [4.78, 5) is 0. The normalized spacial score (nSPS) is 8.62. The summed E-state index contributed by atoms with van der Waals surface area (Å²) in [7, 11) is 0. The zero-order valence-electron chi connectivity index (χ0n) is 4.99. The van der Waals surface area contributed by atoms with Crippen LogP contribution in [0.2, 0.25) is 0 Å². The van der Waals surface area contributed by atoms with Crippen molar-refractivity contribution in [2.45, 2.75) is 19.8 Å². The van der Waals surface area contributed by atoms with Crippen LogP contribution in [0.5, 0.6) is 0 Å². The molecule has 8 heavy (non-hydrogen) atoms. The van der Waals surface area contributed by atoms with Gasteiger partial charge in [0, 0.05) is 0 Å². The Labute approximate surface area is 48.9 Å². The molecule has 4 N–H and O–H groups in total. The maximum absolute atomic E-state index is 6.99. The van der Waals surface area contributed by atoms with Gasteiger partial charge in [0.05, 0.1) is 5.71 Å². The minimum absolute atomic E-state index is 0.105. The summed E-state index contributed by atoms with van der Waals surface area (Å²) in [6, 6.07) is 0. The summed E-state index contributed by atoms with van der Waals surface area (Å²) < 4.78 is 0. The maximum atomic E-state index is 6.99. The molecular formula is C5H11N3. The number of hydrogen-bond acceptors (Lipinski definition) is 2. The van der Waals surface area contributed by atoms with Crippen LogP contribution in [0, 0.1) is 10.8 Å². The van der Waals surface area contributed by atoms with Gasteiger partial charge in [0.25, 0.3) is 0 Å². The van der Waals surface area contributed by atoms with Gasteiger partial charge < -0.3 is 11.1 Å². The molecule has 0 aliphatic heterocycles. The maximum Gasteiger partial charge on any atom is 0.136 e. The first-order valence-corrected chi connectivity index (χ1v) is 2.60. The van der Waals surface area contributed by atoms with Crippen LogP contribution in [-0.4, -0.2) is 11.5 Å². The average Bonchev–Trinajstić information content (AvgIpc) is 1.67. The van der Waals surface area contributed by atoms with Crippen LogP contribution in [0.25, 0.3) is 0 Å². The molecule has 0 saturated carbocycles. The van der Waals surface area contributed by atoms with Crippen molar-refractivity contribution in [3.8, 4) is 0 Å². The molecule has 0 fully saturated rings. The minimum atomic E-state index is -0.105. The van der Waals surface area contributed by atoms with E-state index in [2.05, 4.69) is 0 Å². The Balaban J connectivity index is 3.49. The van der Waals surface area contributed by atoms with Crippen molar-refractivity contribution >= 4 is 11.5 Å². The van der Waals surface area contributed by atoms with Crippen LogP contribution in [0.1, 0.15) is 19.8 Å². The first-order valence-electron chi connectivity index (χ1n) is 2.60. The number of amidine groups is 1. The van der Waals surface area contributed by atoms with E-state index in [1.54, 1.807) is 0 Å². The molecule has 0 aliphatic rings. The first kappa shape index (κ1) is 7.14. The van der Waals surface area contributed by atoms with E-state index in [1.807, 2.05) is 6.92 Å². The molecule has 0 aromatic rings. The van der Waals surface area contributed by atoms with Crippen LogP contribution in [-0.2, 0) is 0 Å². The third kappa shape index (κ3) is 2.34. The van der Waals surface area contributed by atoms with Gasteiger partial charge in [-0.25, -0.2) is 0 Å². The molecule has 0 unspecified atom stereocenters. The van der Waals surface area contributed by atoms with E-state index in [0.717, 1.165) is 6.42 Å². The molecule has 0 aromatic carbocycles. The summed E-state index contributed by atoms with van der Waals surface area (Å²) in [5.41, 5.74) is 5.22. The molecule has 0 heterocycles. The molecule has 0 amide bonds. The van der Waals surface area contributed by atoms with E-state index in [0.29, 0.717) is 6.42 Å². The lowest BCUT2D eigenvalue weighted by atomic mass is 10.2. The largest absolute Gasteiger partial charge is 0.383 e. The molecule has 0 rings (SSSR count). The van der Waals surface area contributed by atoms with Crippen molar-refractivity contribution in [1.29, 1.82) is 10.8 Å². The molecule has 0 aromatic heterocycles. The van der Waals surface area contributed by atoms with Gasteiger partial charge in [-0.05, 0) is 6.42 Å². The van der Waals surface area contributed by atoms with Gasteiger partial charge in [-0.15, -0.1) is 0 Å². The second-order valence-corrected chi connectivity index (χ2v) is 1.64. The van der Waals surface area contributed by atoms with E-state index in [-0.39, 0.29) is 11.5 Å². The van der Waals surface area contributed by atoms with Crippen molar-refractivity contribution in [2.24, 2.45) is 5.73 Å². The highest BCUT2D eigenvalue weighted by Gasteiger charge is 1.95. The number of hydrogen-bond donors (Lipinski definition) is 3. The second-order valence-electron chi connectivity index (χ2n) is 1.64. The van der Waals surface area contributed by atoms with Gasteiger partial charge in [0.1, 0.15) is 5.84 Å². The fraction of sp³-hybridized carbons (Fsp3) is 0.600. The topological polar surface area (TPSA) is 73.7 Å². The van der Waals surface area contributed by atoms with Crippen molar-refractivity contribution in [1.82, 2.24) is 0 Å². The van der Waals surface area contributed by atoms with Gasteiger partial charge >= 0.3 is 0 Å². The molecule has 0 aliphatic carbocycles. The molecule has 0 radical (unpaired) electrons. The lowest BCUT2D eigenvalue weighted by molar-refractivity contribution is 0.992. The standard InChI is InChI=1S/C5H11N3/c1-2-3-4(6)5(7)8/h6H,2-3H2,1H3,(H3,7,8). The van der Waals surface area contributed by atoms with Crippen molar-refractivity contribution in [3.63, 3.8) is 0 Å². The van der Waals surface area contributed by atoms with Crippen LogP contribution in [0.3, 0.4) is 0 Å². The highest BCUT2D eigenvalue weighted by molar-refractivity contribution is 6.38. The third-order valence-corrected chi connectivity index (χ3v) is 0.825. The predicted molar refractivity (Wildman–Crippen MR) is 34.5 cm³/mol. The molecule has 46 valence electrons. The van der Waals surface area contributed by atoms with Crippen LogP contribution < -0.4 is 5.73 Å². The second kappa shape index (κ2) is 3.18. The molecule has 3 nitrogen and oxygen atoms in total. The predicted octanol–water partition coefficient (Wildman–Crippen LogP) is 0.742. The van der Waals surface area contributed by atoms with E-state index in [1.165, 1.54) is 0 Å². The Morgan fingerprint density at radius 2 is 2.00 bits per heavy atom. The van der Waals surface area contributed by atoms with Crippen LogP contribution in [0.4, 0.5) is 0 Å². The Morgan fingerprint density at radius 3 is 2.12 bits per heavy atom. The molecule has 0 saturated heterocycles. The highest BCUT2D eigenvalue weighted by atomic mass is 14.7. The fourth-order valence-corrected chi connectivity index (χ4v) is 0.385. The minimum Gasteiger partial charge on any atom is -0.383 e. The molecule has 3 heteroatoms. The quantitative estimate of drug-likeness (QED) is 0.366. The Morgan fingerprint density at radius 1 is 1.50 bits per heavy atom. The Bertz CT molecular complexity index is 106. The zero-order valence-corrected chi connectivity index (χ0v) is 4.99. The monoisotopic (exact) mass is 113 g/mol. The Kier molecular flexibility index (Phi) is 2.84. The number of nitrogens with two attached hydrogens (primary N) is 1. The van der Waals surface area contributed by atoms with Gasteiger partial charge in [0.15, 0.2) is 0 Å². The summed E-state index contributed by atoms with van der Waals surface area (Å²) >= 11 is 0. The lowest BCUT2D eigenvalue weighted by Crippen LogP contribution is -2.20. The third-order valence-electron chi connectivity index (χ3n) is 0.825. The van der Waals surface area contributed by atoms with Crippen molar-refractivity contribution in [2.75, 3.05) is 0 Å². The van der Waals surface area contributed by atoms with E-state index in [9.17, 15) is 0 Å². The van der Waals surface area contributed by atoms with Gasteiger partial charge in [-0.2, -0.15) is 0 Å². The molecule has 0 spiro atoms.